The van der Waals surface area contributed by atoms with Crippen LogP contribution in [0.5, 0.6) is 0 Å². The van der Waals surface area contributed by atoms with E-state index in [0.717, 1.165) is 6.54 Å². The van der Waals surface area contributed by atoms with Crippen LogP contribution in [0.3, 0.4) is 0 Å². The Morgan fingerprint density at radius 3 is 2.86 bits per heavy atom. The van der Waals surface area contributed by atoms with Crippen LogP contribution < -0.4 is 11.1 Å². The predicted molar refractivity (Wildman–Crippen MR) is 69.3 cm³/mol. The molecule has 0 heterocycles. The molecule has 0 amide bonds. The van der Waals surface area contributed by atoms with Crippen LogP contribution in [0.15, 0.2) is 18.2 Å². The summed E-state index contributed by atoms with van der Waals surface area (Å²) in [7, 11) is 0. The Balaban J connectivity index is 2.63. The van der Waals surface area contributed by atoms with Gasteiger partial charge in [-0.2, -0.15) is 0 Å². The molecule has 1 aromatic rings. The zero-order chi connectivity index (χ0) is 10.6. The van der Waals surface area contributed by atoms with E-state index in [1.807, 2.05) is 0 Å². The minimum Gasteiger partial charge on any atom is -0.329 e. The highest BCUT2D eigenvalue weighted by Gasteiger charge is 2.03. The highest BCUT2D eigenvalue weighted by atomic mass is 127. The molecule has 0 unspecified atom stereocenters. The number of halogens is 1. The summed E-state index contributed by atoms with van der Waals surface area (Å²) in [5.41, 5.74) is 8.23. The molecule has 3 heteroatoms. The highest BCUT2D eigenvalue weighted by Crippen LogP contribution is 2.16. The second-order valence-corrected chi connectivity index (χ2v) is 4.64. The maximum Gasteiger partial charge on any atom is 0.0219 e. The topological polar surface area (TPSA) is 38.0 Å². The molecule has 0 aliphatic rings. The van der Waals surface area contributed by atoms with E-state index in [0.29, 0.717) is 12.6 Å². The largest absolute Gasteiger partial charge is 0.329 e. The molecule has 0 aromatic heterocycles. The summed E-state index contributed by atoms with van der Waals surface area (Å²) in [6.45, 7) is 5.82. The third-order valence-electron chi connectivity index (χ3n) is 2.27. The van der Waals surface area contributed by atoms with Gasteiger partial charge in [-0.05, 0) is 47.6 Å². The van der Waals surface area contributed by atoms with E-state index in [-0.39, 0.29) is 0 Å². The van der Waals surface area contributed by atoms with Crippen molar-refractivity contribution in [2.75, 3.05) is 6.54 Å². The third kappa shape index (κ3) is 3.22. The lowest BCUT2D eigenvalue weighted by Crippen LogP contribution is -2.32. The first-order valence-electron chi connectivity index (χ1n) is 4.82. The molecule has 0 radical (unpaired) electrons. The van der Waals surface area contributed by atoms with Crippen molar-refractivity contribution in [3.63, 3.8) is 0 Å². The number of hydrogen-bond acceptors (Lipinski definition) is 2. The van der Waals surface area contributed by atoms with Gasteiger partial charge in [-0.15, -0.1) is 0 Å². The average molecular weight is 304 g/mol. The molecule has 0 spiro atoms. The smallest absolute Gasteiger partial charge is 0.0219 e. The van der Waals surface area contributed by atoms with Crippen molar-refractivity contribution in [2.24, 2.45) is 5.73 Å². The monoisotopic (exact) mass is 304 g/mol. The molecular formula is C11H17IN2. The van der Waals surface area contributed by atoms with Crippen LogP contribution in [0, 0.1) is 10.5 Å². The standard InChI is InChI=1S/C11H17IN2/c1-8-4-3-5-10(11(8)12)7-14-9(2)6-13/h3-5,9,14H,6-7,13H2,1-2H3/t9-/m1/s1. The molecule has 1 atom stereocenters. The fourth-order valence-electron chi connectivity index (χ4n) is 1.21. The molecule has 2 nitrogen and oxygen atoms in total. The fraction of sp³-hybridized carbons (Fsp3) is 0.455. The van der Waals surface area contributed by atoms with Crippen LogP contribution in [0.4, 0.5) is 0 Å². The molecule has 0 aliphatic carbocycles. The van der Waals surface area contributed by atoms with Crippen LogP contribution in [0.2, 0.25) is 0 Å². The number of nitrogens with one attached hydrogen (secondary N) is 1. The Labute approximate surface area is 99.4 Å². The normalized spacial score (nSPS) is 12.9. The molecule has 1 aromatic carbocycles. The Morgan fingerprint density at radius 2 is 2.21 bits per heavy atom. The van der Waals surface area contributed by atoms with Gasteiger partial charge in [0.05, 0.1) is 0 Å². The number of aryl methyl sites for hydroxylation is 1. The summed E-state index contributed by atoms with van der Waals surface area (Å²) in [4.78, 5) is 0. The first-order valence-corrected chi connectivity index (χ1v) is 5.90. The lowest BCUT2D eigenvalue weighted by molar-refractivity contribution is 0.555. The first-order chi connectivity index (χ1) is 6.65. The van der Waals surface area contributed by atoms with Crippen LogP contribution >= 0.6 is 22.6 Å². The third-order valence-corrected chi connectivity index (χ3v) is 3.81. The van der Waals surface area contributed by atoms with Gasteiger partial charge in [-0.3, -0.25) is 0 Å². The van der Waals surface area contributed by atoms with Crippen molar-refractivity contribution in [3.8, 4) is 0 Å². The summed E-state index contributed by atoms with van der Waals surface area (Å²) >= 11 is 2.39. The average Bonchev–Trinajstić information content (AvgIpc) is 2.20. The number of nitrogens with two attached hydrogens (primary N) is 1. The Kier molecular flexibility index (Phi) is 4.84. The minimum absolute atomic E-state index is 0.381. The van der Waals surface area contributed by atoms with Crippen molar-refractivity contribution in [3.05, 3.63) is 32.9 Å². The zero-order valence-corrected chi connectivity index (χ0v) is 10.8. The van der Waals surface area contributed by atoms with E-state index >= 15 is 0 Å². The molecule has 0 saturated carbocycles. The molecular weight excluding hydrogens is 287 g/mol. The minimum atomic E-state index is 0.381. The fourth-order valence-corrected chi connectivity index (χ4v) is 1.76. The Hall–Kier alpha value is -0.130. The summed E-state index contributed by atoms with van der Waals surface area (Å²) in [6.07, 6.45) is 0. The van der Waals surface area contributed by atoms with Crippen LogP contribution in [0.1, 0.15) is 18.1 Å². The van der Waals surface area contributed by atoms with Crippen molar-refractivity contribution in [2.45, 2.75) is 26.4 Å². The lowest BCUT2D eigenvalue weighted by Gasteiger charge is -2.13. The van der Waals surface area contributed by atoms with E-state index in [1.165, 1.54) is 14.7 Å². The molecule has 0 bridgehead atoms. The maximum absolute atomic E-state index is 5.54. The highest BCUT2D eigenvalue weighted by molar-refractivity contribution is 14.1. The number of benzene rings is 1. The zero-order valence-electron chi connectivity index (χ0n) is 8.68. The Bertz CT molecular complexity index is 299. The van der Waals surface area contributed by atoms with Crippen molar-refractivity contribution >= 4 is 22.6 Å². The maximum atomic E-state index is 5.54. The molecule has 1 rings (SSSR count). The summed E-state index contributed by atoms with van der Waals surface area (Å²) in [6, 6.07) is 6.77. The van der Waals surface area contributed by atoms with E-state index in [4.69, 9.17) is 5.73 Å². The van der Waals surface area contributed by atoms with E-state index in [2.05, 4.69) is 60.0 Å². The summed E-state index contributed by atoms with van der Waals surface area (Å²) in [5.74, 6) is 0. The van der Waals surface area contributed by atoms with Gasteiger partial charge < -0.3 is 11.1 Å². The summed E-state index contributed by atoms with van der Waals surface area (Å²) in [5, 5.41) is 3.39. The molecule has 0 fully saturated rings. The van der Waals surface area contributed by atoms with Crippen LogP contribution in [-0.2, 0) is 6.54 Å². The van der Waals surface area contributed by atoms with Gasteiger partial charge >= 0.3 is 0 Å². The number of rotatable bonds is 4. The molecule has 14 heavy (non-hydrogen) atoms. The van der Waals surface area contributed by atoms with Gasteiger partial charge in [-0.1, -0.05) is 18.2 Å². The SMILES string of the molecule is Cc1cccc(CN[C@H](C)CN)c1I. The lowest BCUT2D eigenvalue weighted by atomic mass is 10.1. The predicted octanol–water partition coefficient (Wildman–Crippen LogP) is 2.04. The quantitative estimate of drug-likeness (QED) is 0.836. The molecule has 0 saturated heterocycles. The Morgan fingerprint density at radius 1 is 1.50 bits per heavy atom. The van der Waals surface area contributed by atoms with Crippen molar-refractivity contribution in [1.29, 1.82) is 0 Å². The van der Waals surface area contributed by atoms with Gasteiger partial charge in [0.25, 0.3) is 0 Å². The van der Waals surface area contributed by atoms with Crippen LogP contribution in [0.25, 0.3) is 0 Å². The first kappa shape index (κ1) is 11.9. The van der Waals surface area contributed by atoms with Crippen molar-refractivity contribution < 1.29 is 0 Å². The van der Waals surface area contributed by atoms with Crippen molar-refractivity contribution in [1.82, 2.24) is 5.32 Å². The second kappa shape index (κ2) is 5.68. The van der Waals surface area contributed by atoms with Gasteiger partial charge in [0.15, 0.2) is 0 Å². The second-order valence-electron chi connectivity index (χ2n) is 3.57. The van der Waals surface area contributed by atoms with Gasteiger partial charge in [-0.25, -0.2) is 0 Å². The molecule has 3 N–H and O–H groups in total. The van der Waals surface area contributed by atoms with Crippen LogP contribution in [-0.4, -0.2) is 12.6 Å². The summed E-state index contributed by atoms with van der Waals surface area (Å²) < 4.78 is 1.35. The van der Waals surface area contributed by atoms with Gasteiger partial charge in [0.2, 0.25) is 0 Å². The molecule has 78 valence electrons. The van der Waals surface area contributed by atoms with Gasteiger partial charge in [0, 0.05) is 22.7 Å². The van der Waals surface area contributed by atoms with E-state index in [9.17, 15) is 0 Å². The van der Waals surface area contributed by atoms with E-state index < -0.39 is 0 Å². The van der Waals surface area contributed by atoms with Gasteiger partial charge in [0.1, 0.15) is 0 Å². The number of hydrogen-bond donors (Lipinski definition) is 2. The molecule has 0 aliphatic heterocycles. The van der Waals surface area contributed by atoms with E-state index in [1.54, 1.807) is 0 Å².